The van der Waals surface area contributed by atoms with Gasteiger partial charge < -0.3 is 19.7 Å². The highest BCUT2D eigenvalue weighted by atomic mass is 16.5. The van der Waals surface area contributed by atoms with Crippen LogP contribution in [0.5, 0.6) is 0 Å². The molecule has 1 heterocycles. The number of carbonyl (C=O) groups is 2. The minimum atomic E-state index is 0.0365. The SMILES string of the molecule is COCCOCC(=O)N1CCC(NC(=O)CC23CC4CC(CC(C4)C2)C3)CC1. The van der Waals surface area contributed by atoms with Gasteiger partial charge >= 0.3 is 0 Å². The average molecular weight is 393 g/mol. The van der Waals surface area contributed by atoms with Crippen molar-refractivity contribution in [1.29, 1.82) is 0 Å². The lowest BCUT2D eigenvalue weighted by molar-refractivity contribution is -0.137. The van der Waals surface area contributed by atoms with Crippen LogP contribution in [0.15, 0.2) is 0 Å². The molecule has 4 aliphatic carbocycles. The Morgan fingerprint density at radius 1 is 1.00 bits per heavy atom. The summed E-state index contributed by atoms with van der Waals surface area (Å²) in [5, 5.41) is 3.29. The van der Waals surface area contributed by atoms with Crippen LogP contribution in [0, 0.1) is 23.2 Å². The van der Waals surface area contributed by atoms with Crippen molar-refractivity contribution in [3.05, 3.63) is 0 Å². The Balaban J connectivity index is 1.18. The van der Waals surface area contributed by atoms with Gasteiger partial charge in [0.25, 0.3) is 0 Å². The highest BCUT2D eigenvalue weighted by Gasteiger charge is 2.51. The van der Waals surface area contributed by atoms with E-state index >= 15 is 0 Å². The predicted octanol–water partition coefficient (Wildman–Crippen LogP) is 2.36. The molecule has 5 rings (SSSR count). The first-order valence-electron chi connectivity index (χ1n) is 11.2. The van der Waals surface area contributed by atoms with E-state index in [1.807, 2.05) is 4.90 Å². The lowest BCUT2D eigenvalue weighted by Gasteiger charge is -2.56. The van der Waals surface area contributed by atoms with E-state index in [0.29, 0.717) is 31.7 Å². The van der Waals surface area contributed by atoms with Gasteiger partial charge in [0, 0.05) is 32.7 Å². The second-order valence-electron chi connectivity index (χ2n) is 9.86. The maximum Gasteiger partial charge on any atom is 0.248 e. The molecule has 0 atom stereocenters. The van der Waals surface area contributed by atoms with Gasteiger partial charge in [-0.2, -0.15) is 0 Å². The number of nitrogens with zero attached hydrogens (tertiary/aromatic N) is 1. The largest absolute Gasteiger partial charge is 0.382 e. The molecule has 6 heteroatoms. The smallest absolute Gasteiger partial charge is 0.248 e. The van der Waals surface area contributed by atoms with E-state index in [4.69, 9.17) is 9.47 Å². The van der Waals surface area contributed by atoms with E-state index in [0.717, 1.165) is 37.0 Å². The molecule has 1 N–H and O–H groups in total. The number of hydrogen-bond donors (Lipinski definition) is 1. The highest BCUT2D eigenvalue weighted by Crippen LogP contribution is 2.61. The van der Waals surface area contributed by atoms with Gasteiger partial charge in [0.2, 0.25) is 11.8 Å². The van der Waals surface area contributed by atoms with Gasteiger partial charge in [-0.25, -0.2) is 0 Å². The zero-order chi connectivity index (χ0) is 19.6. The number of carbonyl (C=O) groups excluding carboxylic acids is 2. The number of nitrogens with one attached hydrogen (secondary N) is 1. The molecule has 158 valence electrons. The number of amides is 2. The molecule has 0 radical (unpaired) electrons. The molecule has 0 aromatic carbocycles. The van der Waals surface area contributed by atoms with Crippen LogP contribution < -0.4 is 5.32 Å². The van der Waals surface area contributed by atoms with E-state index < -0.39 is 0 Å². The number of likely N-dealkylation sites (tertiary alicyclic amines) is 1. The van der Waals surface area contributed by atoms with Crippen LogP contribution in [0.3, 0.4) is 0 Å². The molecule has 5 fully saturated rings. The van der Waals surface area contributed by atoms with Gasteiger partial charge in [0.15, 0.2) is 0 Å². The summed E-state index contributed by atoms with van der Waals surface area (Å²) in [6.07, 6.45) is 10.5. The minimum absolute atomic E-state index is 0.0365. The summed E-state index contributed by atoms with van der Waals surface area (Å²) in [6.45, 7) is 2.47. The second-order valence-corrected chi connectivity index (χ2v) is 9.86. The monoisotopic (exact) mass is 392 g/mol. The number of hydrogen-bond acceptors (Lipinski definition) is 4. The number of piperidine rings is 1. The van der Waals surface area contributed by atoms with Gasteiger partial charge in [-0.05, 0) is 74.5 Å². The van der Waals surface area contributed by atoms with E-state index in [-0.39, 0.29) is 24.5 Å². The second kappa shape index (κ2) is 8.70. The van der Waals surface area contributed by atoms with E-state index in [9.17, 15) is 9.59 Å². The fourth-order valence-corrected chi connectivity index (χ4v) is 6.79. The normalized spacial score (nSPS) is 34.6. The first-order valence-corrected chi connectivity index (χ1v) is 11.2. The Hall–Kier alpha value is -1.14. The highest BCUT2D eigenvalue weighted by molar-refractivity contribution is 5.78. The molecule has 1 aliphatic heterocycles. The first-order chi connectivity index (χ1) is 13.5. The lowest BCUT2D eigenvalue weighted by Crippen LogP contribution is -2.50. The van der Waals surface area contributed by atoms with Crippen LogP contribution in [0.1, 0.15) is 57.8 Å². The minimum Gasteiger partial charge on any atom is -0.382 e. The molecule has 5 aliphatic rings. The first kappa shape index (κ1) is 20.1. The third-order valence-corrected chi connectivity index (χ3v) is 7.57. The fraction of sp³-hybridized carbons (Fsp3) is 0.909. The molecule has 2 amide bonds. The van der Waals surface area contributed by atoms with Gasteiger partial charge in [0.1, 0.15) is 6.61 Å². The zero-order valence-electron chi connectivity index (χ0n) is 17.3. The summed E-state index contributed by atoms with van der Waals surface area (Å²) in [6, 6.07) is 0.208. The van der Waals surface area contributed by atoms with Crippen LogP contribution >= 0.6 is 0 Å². The van der Waals surface area contributed by atoms with Crippen LogP contribution in [-0.2, 0) is 19.1 Å². The molecular formula is C22H36N2O4. The van der Waals surface area contributed by atoms with Crippen molar-refractivity contribution in [2.24, 2.45) is 23.2 Å². The summed E-state index contributed by atoms with van der Waals surface area (Å²) in [5.74, 6) is 2.95. The van der Waals surface area contributed by atoms with Crippen molar-refractivity contribution < 1.29 is 19.1 Å². The maximum atomic E-state index is 12.8. The van der Waals surface area contributed by atoms with E-state index in [1.54, 1.807) is 7.11 Å². The molecule has 0 aromatic rings. The average Bonchev–Trinajstić information content (AvgIpc) is 2.64. The Labute approximate surface area is 168 Å². The zero-order valence-corrected chi connectivity index (χ0v) is 17.3. The topological polar surface area (TPSA) is 67.9 Å². The molecule has 6 nitrogen and oxygen atoms in total. The Kier molecular flexibility index (Phi) is 6.26. The van der Waals surface area contributed by atoms with Crippen LogP contribution in [-0.4, -0.2) is 62.8 Å². The Morgan fingerprint density at radius 2 is 1.61 bits per heavy atom. The lowest BCUT2D eigenvalue weighted by atomic mass is 9.49. The molecular weight excluding hydrogens is 356 g/mol. The maximum absolute atomic E-state index is 12.8. The number of rotatable bonds is 8. The van der Waals surface area contributed by atoms with Crippen LogP contribution in [0.25, 0.3) is 0 Å². The van der Waals surface area contributed by atoms with Gasteiger partial charge in [-0.1, -0.05) is 0 Å². The van der Waals surface area contributed by atoms with Crippen LogP contribution in [0.4, 0.5) is 0 Å². The Bertz CT molecular complexity index is 536. The van der Waals surface area contributed by atoms with Gasteiger partial charge in [-0.3, -0.25) is 9.59 Å². The quantitative estimate of drug-likeness (QED) is 0.644. The summed E-state index contributed by atoms with van der Waals surface area (Å²) in [7, 11) is 1.62. The molecule has 4 bridgehead atoms. The molecule has 0 spiro atoms. The predicted molar refractivity (Wildman–Crippen MR) is 106 cm³/mol. The van der Waals surface area contributed by atoms with Crippen LogP contribution in [0.2, 0.25) is 0 Å². The third kappa shape index (κ3) is 4.70. The molecule has 28 heavy (non-hydrogen) atoms. The third-order valence-electron chi connectivity index (χ3n) is 7.57. The summed E-state index contributed by atoms with van der Waals surface area (Å²) < 4.78 is 10.2. The molecule has 4 saturated carbocycles. The summed E-state index contributed by atoms with van der Waals surface area (Å²) in [4.78, 5) is 26.8. The van der Waals surface area contributed by atoms with Crippen molar-refractivity contribution in [1.82, 2.24) is 10.2 Å². The standard InChI is InChI=1S/C22H36N2O4/c1-27-6-7-28-15-21(26)24-4-2-19(3-5-24)23-20(25)14-22-11-16-8-17(12-22)10-18(9-16)13-22/h16-19H,2-15H2,1H3,(H,23,25). The fourth-order valence-electron chi connectivity index (χ4n) is 6.79. The number of methoxy groups -OCH3 is 1. The van der Waals surface area contributed by atoms with Crippen molar-refractivity contribution in [3.8, 4) is 0 Å². The summed E-state index contributed by atoms with van der Waals surface area (Å²) in [5.41, 5.74) is 0.301. The number of ether oxygens (including phenoxy) is 2. The Morgan fingerprint density at radius 3 is 2.18 bits per heavy atom. The molecule has 0 unspecified atom stereocenters. The van der Waals surface area contributed by atoms with Gasteiger partial charge in [-0.15, -0.1) is 0 Å². The van der Waals surface area contributed by atoms with Crippen molar-refractivity contribution in [2.45, 2.75) is 63.8 Å². The van der Waals surface area contributed by atoms with E-state index in [1.165, 1.54) is 38.5 Å². The van der Waals surface area contributed by atoms with Crippen molar-refractivity contribution >= 4 is 11.8 Å². The van der Waals surface area contributed by atoms with Crippen molar-refractivity contribution in [2.75, 3.05) is 40.0 Å². The van der Waals surface area contributed by atoms with E-state index in [2.05, 4.69) is 5.32 Å². The molecule has 0 aromatic heterocycles. The molecule has 1 saturated heterocycles. The van der Waals surface area contributed by atoms with Gasteiger partial charge in [0.05, 0.1) is 13.2 Å². The summed E-state index contributed by atoms with van der Waals surface area (Å²) >= 11 is 0. The van der Waals surface area contributed by atoms with Crippen molar-refractivity contribution in [3.63, 3.8) is 0 Å².